The summed E-state index contributed by atoms with van der Waals surface area (Å²) in [6.07, 6.45) is 0. The van der Waals surface area contributed by atoms with Crippen LogP contribution < -0.4 is 4.90 Å². The molecule has 4 rings (SSSR count). The minimum Gasteiger partial charge on any atom is -0.419 e. The van der Waals surface area contributed by atoms with Gasteiger partial charge in [0, 0.05) is 42.3 Å². The van der Waals surface area contributed by atoms with Crippen LogP contribution in [0.5, 0.6) is 0 Å². The molecule has 1 saturated heterocycles. The molecular formula is C19H16Cl3N5O3. The maximum Gasteiger partial charge on any atom is 0.294 e. The number of rotatable bonds is 5. The van der Waals surface area contributed by atoms with E-state index in [1.165, 1.54) is 6.07 Å². The van der Waals surface area contributed by atoms with Gasteiger partial charge in [0.25, 0.3) is 5.69 Å². The van der Waals surface area contributed by atoms with E-state index in [1.54, 1.807) is 30.3 Å². The van der Waals surface area contributed by atoms with Gasteiger partial charge in [-0.25, -0.2) is 0 Å². The summed E-state index contributed by atoms with van der Waals surface area (Å²) in [6, 6.07) is 9.80. The topological polar surface area (TPSA) is 88.5 Å². The Hall–Kier alpha value is -2.39. The van der Waals surface area contributed by atoms with E-state index in [4.69, 9.17) is 39.2 Å². The normalized spacial score (nSPS) is 14.8. The molecule has 0 bridgehead atoms. The fourth-order valence-electron chi connectivity index (χ4n) is 3.34. The molecule has 1 aromatic heterocycles. The summed E-state index contributed by atoms with van der Waals surface area (Å²) in [7, 11) is 0. The molecule has 0 saturated carbocycles. The molecule has 156 valence electrons. The number of aromatic nitrogens is 2. The number of benzene rings is 2. The van der Waals surface area contributed by atoms with Crippen LogP contribution in [-0.4, -0.2) is 46.2 Å². The van der Waals surface area contributed by atoms with Crippen molar-refractivity contribution in [2.24, 2.45) is 0 Å². The van der Waals surface area contributed by atoms with E-state index in [9.17, 15) is 10.1 Å². The SMILES string of the molecule is O=[N+]([O-])c1cc(Cl)ccc1N1CCN(Cc2nnc(-c3ccc(Cl)cc3Cl)o2)CC1. The third kappa shape index (κ3) is 4.52. The maximum atomic E-state index is 11.3. The summed E-state index contributed by atoms with van der Waals surface area (Å²) < 4.78 is 5.76. The van der Waals surface area contributed by atoms with Gasteiger partial charge in [0.1, 0.15) is 5.69 Å². The Morgan fingerprint density at radius 3 is 2.40 bits per heavy atom. The predicted octanol–water partition coefficient (Wildman–Crippen LogP) is 4.93. The van der Waals surface area contributed by atoms with Gasteiger partial charge in [0.15, 0.2) is 0 Å². The minimum atomic E-state index is -0.407. The first-order chi connectivity index (χ1) is 14.4. The van der Waals surface area contributed by atoms with Crippen molar-refractivity contribution in [2.75, 3.05) is 31.1 Å². The van der Waals surface area contributed by atoms with Crippen LogP contribution >= 0.6 is 34.8 Å². The molecule has 0 N–H and O–H groups in total. The summed E-state index contributed by atoms with van der Waals surface area (Å²) >= 11 is 18.0. The standard InChI is InChI=1S/C19H16Cl3N5O3/c20-12-1-3-14(15(22)9-12)19-24-23-18(30-19)11-25-5-7-26(8-6-25)16-4-2-13(21)10-17(16)27(28)29/h1-4,9-10H,5-8,11H2. The largest absolute Gasteiger partial charge is 0.419 e. The second kappa shape index (κ2) is 8.77. The Kier molecular flexibility index (Phi) is 6.10. The zero-order valence-electron chi connectivity index (χ0n) is 15.6. The van der Waals surface area contributed by atoms with Crippen molar-refractivity contribution >= 4 is 46.2 Å². The molecule has 2 aromatic carbocycles. The van der Waals surface area contributed by atoms with Crippen LogP contribution in [0.15, 0.2) is 40.8 Å². The van der Waals surface area contributed by atoms with Gasteiger partial charge in [-0.1, -0.05) is 34.8 Å². The lowest BCUT2D eigenvalue weighted by Gasteiger charge is -2.35. The van der Waals surface area contributed by atoms with Crippen molar-refractivity contribution in [1.29, 1.82) is 0 Å². The van der Waals surface area contributed by atoms with Gasteiger partial charge in [0.05, 0.1) is 22.1 Å². The van der Waals surface area contributed by atoms with Crippen molar-refractivity contribution in [3.63, 3.8) is 0 Å². The lowest BCUT2D eigenvalue weighted by atomic mass is 10.2. The molecule has 1 aliphatic rings. The van der Waals surface area contributed by atoms with E-state index < -0.39 is 4.92 Å². The zero-order valence-corrected chi connectivity index (χ0v) is 17.9. The number of piperazine rings is 1. The molecule has 1 fully saturated rings. The van der Waals surface area contributed by atoms with Crippen LogP contribution in [0.1, 0.15) is 5.89 Å². The van der Waals surface area contributed by atoms with Gasteiger partial charge in [-0.2, -0.15) is 0 Å². The molecular weight excluding hydrogens is 453 g/mol. The van der Waals surface area contributed by atoms with Crippen molar-refractivity contribution in [2.45, 2.75) is 6.54 Å². The van der Waals surface area contributed by atoms with E-state index in [0.717, 1.165) is 0 Å². The first-order valence-corrected chi connectivity index (χ1v) is 10.2. The summed E-state index contributed by atoms with van der Waals surface area (Å²) in [6.45, 7) is 3.13. The third-order valence-electron chi connectivity index (χ3n) is 4.83. The van der Waals surface area contributed by atoms with Gasteiger partial charge >= 0.3 is 0 Å². The summed E-state index contributed by atoms with van der Waals surface area (Å²) in [5.41, 5.74) is 1.21. The van der Waals surface area contributed by atoms with Gasteiger partial charge in [-0.05, 0) is 30.3 Å². The second-order valence-electron chi connectivity index (χ2n) is 6.78. The lowest BCUT2D eigenvalue weighted by molar-refractivity contribution is -0.384. The average Bonchev–Trinajstić information content (AvgIpc) is 3.16. The first kappa shape index (κ1) is 20.9. The van der Waals surface area contributed by atoms with Crippen LogP contribution in [0.4, 0.5) is 11.4 Å². The van der Waals surface area contributed by atoms with Crippen LogP contribution in [0, 0.1) is 10.1 Å². The van der Waals surface area contributed by atoms with E-state index in [-0.39, 0.29) is 5.69 Å². The number of halogens is 3. The van der Waals surface area contributed by atoms with Gasteiger partial charge in [0.2, 0.25) is 11.8 Å². The molecule has 8 nitrogen and oxygen atoms in total. The van der Waals surface area contributed by atoms with Crippen LogP contribution in [0.2, 0.25) is 15.1 Å². The number of anilines is 1. The smallest absolute Gasteiger partial charge is 0.294 e. The Morgan fingerprint density at radius 1 is 1.00 bits per heavy atom. The second-order valence-corrected chi connectivity index (χ2v) is 8.06. The highest BCUT2D eigenvalue weighted by atomic mass is 35.5. The highest BCUT2D eigenvalue weighted by molar-refractivity contribution is 6.36. The van der Waals surface area contributed by atoms with E-state index >= 15 is 0 Å². The van der Waals surface area contributed by atoms with E-state index in [0.29, 0.717) is 70.8 Å². The van der Waals surface area contributed by atoms with Gasteiger partial charge < -0.3 is 9.32 Å². The Morgan fingerprint density at radius 2 is 1.70 bits per heavy atom. The highest BCUT2D eigenvalue weighted by Gasteiger charge is 2.25. The van der Waals surface area contributed by atoms with Gasteiger partial charge in [-0.3, -0.25) is 15.0 Å². The predicted molar refractivity (Wildman–Crippen MR) is 115 cm³/mol. The quantitative estimate of drug-likeness (QED) is 0.387. The number of hydrogen-bond donors (Lipinski definition) is 0. The zero-order chi connectivity index (χ0) is 21.3. The van der Waals surface area contributed by atoms with Crippen molar-refractivity contribution in [1.82, 2.24) is 15.1 Å². The fraction of sp³-hybridized carbons (Fsp3) is 0.263. The Balaban J connectivity index is 1.40. The molecule has 0 radical (unpaired) electrons. The molecule has 30 heavy (non-hydrogen) atoms. The van der Waals surface area contributed by atoms with Crippen LogP contribution in [-0.2, 0) is 6.54 Å². The number of nitrogens with zero attached hydrogens (tertiary/aromatic N) is 5. The van der Waals surface area contributed by atoms with E-state index in [1.807, 2.05) is 4.90 Å². The fourth-order valence-corrected chi connectivity index (χ4v) is 3.99. The number of nitro groups is 1. The molecule has 0 amide bonds. The van der Waals surface area contributed by atoms with Gasteiger partial charge in [-0.15, -0.1) is 10.2 Å². The molecule has 3 aromatic rings. The number of nitro benzene ring substituents is 1. The Labute approximate surface area is 187 Å². The third-order valence-corrected chi connectivity index (χ3v) is 5.62. The molecule has 0 aliphatic carbocycles. The summed E-state index contributed by atoms with van der Waals surface area (Å²) in [4.78, 5) is 15.1. The lowest BCUT2D eigenvalue weighted by Crippen LogP contribution is -2.46. The molecule has 0 unspecified atom stereocenters. The van der Waals surface area contributed by atoms with Crippen molar-refractivity contribution < 1.29 is 9.34 Å². The molecule has 11 heteroatoms. The van der Waals surface area contributed by atoms with Crippen LogP contribution in [0.25, 0.3) is 11.5 Å². The van der Waals surface area contributed by atoms with Crippen LogP contribution in [0.3, 0.4) is 0 Å². The van der Waals surface area contributed by atoms with Crippen molar-refractivity contribution in [3.05, 3.63) is 67.5 Å². The summed E-state index contributed by atoms with van der Waals surface area (Å²) in [5, 5.41) is 20.8. The molecule has 0 atom stereocenters. The highest BCUT2D eigenvalue weighted by Crippen LogP contribution is 2.32. The minimum absolute atomic E-state index is 0.0114. The maximum absolute atomic E-state index is 11.3. The average molecular weight is 469 g/mol. The molecule has 1 aliphatic heterocycles. The molecule has 2 heterocycles. The van der Waals surface area contributed by atoms with Crippen molar-refractivity contribution in [3.8, 4) is 11.5 Å². The number of hydrogen-bond acceptors (Lipinski definition) is 7. The summed E-state index contributed by atoms with van der Waals surface area (Å²) in [5.74, 6) is 0.809. The monoisotopic (exact) mass is 467 g/mol. The van der Waals surface area contributed by atoms with E-state index in [2.05, 4.69) is 15.1 Å². The first-order valence-electron chi connectivity index (χ1n) is 9.10. The molecule has 0 spiro atoms. The Bertz CT molecular complexity index is 1080.